The first kappa shape index (κ1) is 9.46. The number of carbonyl (C=O) groups is 1. The number of carboxylic acid groups (broad SMARTS) is 1. The van der Waals surface area contributed by atoms with Gasteiger partial charge in [-0.1, -0.05) is 18.2 Å². The van der Waals surface area contributed by atoms with E-state index in [0.717, 1.165) is 18.7 Å². The Labute approximate surface area is 94.1 Å². The van der Waals surface area contributed by atoms with E-state index >= 15 is 0 Å². The van der Waals surface area contributed by atoms with Gasteiger partial charge in [0.05, 0.1) is 5.92 Å². The van der Waals surface area contributed by atoms with E-state index in [1.807, 2.05) is 24.4 Å². The molecule has 0 bridgehead atoms. The Morgan fingerprint density at radius 1 is 1.50 bits per heavy atom. The van der Waals surface area contributed by atoms with Gasteiger partial charge in [0.15, 0.2) is 0 Å². The Kier molecular flexibility index (Phi) is 1.84. The Balaban J connectivity index is 1.98. The zero-order chi connectivity index (χ0) is 11.2. The lowest BCUT2D eigenvalue weighted by atomic mass is 10.00. The third kappa shape index (κ3) is 1.32. The molecule has 3 heteroatoms. The number of allylic oxidation sites excluding steroid dienone is 5. The molecular weight excluding hydrogens is 202 g/mol. The second-order valence-corrected chi connectivity index (χ2v) is 4.53. The SMILES string of the molecule is O=C(O)C1CC12/C=C\C=C/N1CC=C/C1=C/2. The highest BCUT2D eigenvalue weighted by molar-refractivity contribution is 5.76. The first-order chi connectivity index (χ1) is 7.71. The third-order valence-electron chi connectivity index (χ3n) is 3.47. The molecule has 1 spiro atoms. The number of hydrogen-bond donors (Lipinski definition) is 1. The summed E-state index contributed by atoms with van der Waals surface area (Å²) in [6, 6.07) is 0. The van der Waals surface area contributed by atoms with E-state index in [0.29, 0.717) is 0 Å². The summed E-state index contributed by atoms with van der Waals surface area (Å²) in [5.41, 5.74) is 0.864. The molecule has 2 atom stereocenters. The molecule has 1 N–H and O–H groups in total. The van der Waals surface area contributed by atoms with Crippen molar-refractivity contribution < 1.29 is 9.90 Å². The maximum atomic E-state index is 11.0. The van der Waals surface area contributed by atoms with E-state index < -0.39 is 5.97 Å². The molecule has 1 fully saturated rings. The molecule has 0 aromatic rings. The maximum absolute atomic E-state index is 11.0. The first-order valence-corrected chi connectivity index (χ1v) is 5.46. The lowest BCUT2D eigenvalue weighted by molar-refractivity contribution is -0.139. The van der Waals surface area contributed by atoms with Crippen molar-refractivity contribution in [2.45, 2.75) is 6.42 Å². The number of hydrogen-bond acceptors (Lipinski definition) is 2. The van der Waals surface area contributed by atoms with Gasteiger partial charge in [0, 0.05) is 23.9 Å². The highest BCUT2D eigenvalue weighted by atomic mass is 16.4. The smallest absolute Gasteiger partial charge is 0.307 e. The molecule has 16 heavy (non-hydrogen) atoms. The fourth-order valence-electron chi connectivity index (χ4n) is 2.43. The van der Waals surface area contributed by atoms with E-state index in [-0.39, 0.29) is 11.3 Å². The van der Waals surface area contributed by atoms with Crippen molar-refractivity contribution in [1.29, 1.82) is 0 Å². The van der Waals surface area contributed by atoms with Gasteiger partial charge in [0.1, 0.15) is 0 Å². The van der Waals surface area contributed by atoms with Crippen LogP contribution in [0.15, 0.2) is 48.4 Å². The van der Waals surface area contributed by atoms with Crippen LogP contribution in [0, 0.1) is 11.3 Å². The minimum Gasteiger partial charge on any atom is -0.481 e. The zero-order valence-corrected chi connectivity index (χ0v) is 8.84. The summed E-state index contributed by atoms with van der Waals surface area (Å²) < 4.78 is 0. The molecule has 0 aromatic carbocycles. The van der Waals surface area contributed by atoms with Gasteiger partial charge in [0.2, 0.25) is 0 Å². The van der Waals surface area contributed by atoms with Crippen LogP contribution < -0.4 is 0 Å². The van der Waals surface area contributed by atoms with Gasteiger partial charge in [0.25, 0.3) is 0 Å². The highest BCUT2D eigenvalue weighted by Crippen LogP contribution is 2.56. The predicted molar refractivity (Wildman–Crippen MR) is 60.4 cm³/mol. The van der Waals surface area contributed by atoms with Crippen LogP contribution in [-0.2, 0) is 4.79 Å². The Morgan fingerprint density at radius 2 is 2.38 bits per heavy atom. The molecule has 3 aliphatic rings. The molecule has 1 saturated carbocycles. The van der Waals surface area contributed by atoms with Crippen LogP contribution >= 0.6 is 0 Å². The van der Waals surface area contributed by atoms with Crippen LogP contribution in [0.1, 0.15) is 6.42 Å². The molecule has 0 radical (unpaired) electrons. The highest BCUT2D eigenvalue weighted by Gasteiger charge is 2.55. The first-order valence-electron chi connectivity index (χ1n) is 5.46. The van der Waals surface area contributed by atoms with Gasteiger partial charge in [-0.05, 0) is 24.6 Å². The monoisotopic (exact) mass is 215 g/mol. The fourth-order valence-corrected chi connectivity index (χ4v) is 2.43. The van der Waals surface area contributed by atoms with E-state index in [2.05, 4.69) is 23.1 Å². The van der Waals surface area contributed by atoms with Crippen molar-refractivity contribution in [3.8, 4) is 0 Å². The van der Waals surface area contributed by atoms with Crippen molar-refractivity contribution in [3.63, 3.8) is 0 Å². The lowest BCUT2D eigenvalue weighted by Gasteiger charge is -2.18. The molecule has 3 nitrogen and oxygen atoms in total. The average Bonchev–Trinajstić information content (AvgIpc) is 2.79. The summed E-state index contributed by atoms with van der Waals surface area (Å²) in [5.74, 6) is -0.946. The van der Waals surface area contributed by atoms with Crippen LogP contribution in [0.2, 0.25) is 0 Å². The topological polar surface area (TPSA) is 40.5 Å². The van der Waals surface area contributed by atoms with E-state index in [4.69, 9.17) is 5.11 Å². The van der Waals surface area contributed by atoms with Crippen LogP contribution in [0.4, 0.5) is 0 Å². The molecule has 2 heterocycles. The van der Waals surface area contributed by atoms with Crippen LogP contribution in [0.5, 0.6) is 0 Å². The third-order valence-corrected chi connectivity index (χ3v) is 3.47. The molecule has 3 rings (SSSR count). The summed E-state index contributed by atoms with van der Waals surface area (Å²) in [5, 5.41) is 9.06. The Morgan fingerprint density at radius 3 is 3.12 bits per heavy atom. The number of rotatable bonds is 1. The van der Waals surface area contributed by atoms with Crippen LogP contribution in [-0.4, -0.2) is 22.5 Å². The quantitative estimate of drug-likeness (QED) is 0.726. The van der Waals surface area contributed by atoms with Crippen molar-refractivity contribution in [1.82, 2.24) is 4.90 Å². The van der Waals surface area contributed by atoms with Gasteiger partial charge in [-0.3, -0.25) is 4.79 Å². The van der Waals surface area contributed by atoms with Crippen molar-refractivity contribution in [2.24, 2.45) is 11.3 Å². The maximum Gasteiger partial charge on any atom is 0.307 e. The van der Waals surface area contributed by atoms with Gasteiger partial charge >= 0.3 is 5.97 Å². The van der Waals surface area contributed by atoms with Crippen LogP contribution in [0.25, 0.3) is 0 Å². The summed E-state index contributed by atoms with van der Waals surface area (Å²) in [6.45, 7) is 0.879. The molecule has 0 amide bonds. The van der Waals surface area contributed by atoms with E-state index in [1.54, 1.807) is 0 Å². The second-order valence-electron chi connectivity index (χ2n) is 4.53. The number of aliphatic carboxylic acids is 1. The van der Waals surface area contributed by atoms with Crippen molar-refractivity contribution in [3.05, 3.63) is 48.4 Å². The summed E-state index contributed by atoms with van der Waals surface area (Å²) in [4.78, 5) is 13.1. The largest absolute Gasteiger partial charge is 0.481 e. The van der Waals surface area contributed by atoms with Gasteiger partial charge < -0.3 is 10.0 Å². The fraction of sp³-hybridized carbons (Fsp3) is 0.308. The number of carboxylic acids is 1. The van der Waals surface area contributed by atoms with E-state index in [9.17, 15) is 4.79 Å². The van der Waals surface area contributed by atoms with Crippen molar-refractivity contribution in [2.75, 3.05) is 6.54 Å². The zero-order valence-electron chi connectivity index (χ0n) is 8.84. The molecule has 2 unspecified atom stereocenters. The summed E-state index contributed by atoms with van der Waals surface area (Å²) >= 11 is 0. The molecule has 0 saturated heterocycles. The summed E-state index contributed by atoms with van der Waals surface area (Å²) in [6.07, 6.45) is 14.9. The molecule has 1 aliphatic carbocycles. The standard InChI is InChI=1S/C13H13NO2/c15-12(16)11-9-13(11)5-1-2-6-14-7-3-4-10(14)8-13/h1-6,8,11H,7,9H2,(H,15,16)/b5-1-,6-2-,10-8-. The van der Waals surface area contributed by atoms with E-state index in [1.165, 1.54) is 0 Å². The molecule has 0 aromatic heterocycles. The average molecular weight is 215 g/mol. The molecular formula is C13H13NO2. The number of nitrogens with zero attached hydrogens (tertiary/aromatic N) is 1. The molecule has 2 aliphatic heterocycles. The van der Waals surface area contributed by atoms with Gasteiger partial charge in [-0.25, -0.2) is 0 Å². The lowest BCUT2D eigenvalue weighted by Crippen LogP contribution is -2.14. The Hall–Kier alpha value is -1.77. The van der Waals surface area contributed by atoms with Crippen LogP contribution in [0.3, 0.4) is 0 Å². The van der Waals surface area contributed by atoms with Gasteiger partial charge in [-0.2, -0.15) is 0 Å². The minimum atomic E-state index is -0.695. The second kappa shape index (κ2) is 3.11. The number of fused-ring (bicyclic) bond motifs is 1. The summed E-state index contributed by atoms with van der Waals surface area (Å²) in [7, 11) is 0. The predicted octanol–water partition coefficient (Wildman–Crippen LogP) is 1.92. The minimum absolute atomic E-state index is 0.251. The normalized spacial score (nSPS) is 41.9. The van der Waals surface area contributed by atoms with Crippen molar-refractivity contribution >= 4 is 5.97 Å². The Bertz CT molecular complexity index is 459. The van der Waals surface area contributed by atoms with Gasteiger partial charge in [-0.15, -0.1) is 0 Å². The molecule has 82 valence electrons.